The maximum absolute atomic E-state index is 6.06. The molecule has 1 saturated carbocycles. The van der Waals surface area contributed by atoms with E-state index in [-0.39, 0.29) is 6.04 Å². The van der Waals surface area contributed by atoms with Crippen molar-refractivity contribution in [1.29, 1.82) is 0 Å². The van der Waals surface area contributed by atoms with E-state index in [1.54, 1.807) is 4.68 Å². The fraction of sp³-hybridized carbons (Fsp3) is 0.778. The third-order valence-corrected chi connectivity index (χ3v) is 2.92. The highest BCUT2D eigenvalue weighted by atomic mass is 15.4. The van der Waals surface area contributed by atoms with E-state index in [0.29, 0.717) is 5.92 Å². The highest BCUT2D eigenvalue weighted by Gasteiger charge is 2.41. The molecular formula is C9H16N4. The molecule has 3 atom stereocenters. The Kier molecular flexibility index (Phi) is 2.07. The average molecular weight is 180 g/mol. The van der Waals surface area contributed by atoms with Crippen molar-refractivity contribution in [3.63, 3.8) is 0 Å². The molecule has 1 fully saturated rings. The van der Waals surface area contributed by atoms with Gasteiger partial charge in [0.2, 0.25) is 0 Å². The quantitative estimate of drug-likeness (QED) is 0.750. The number of hydrogen-bond acceptors (Lipinski definition) is 3. The van der Waals surface area contributed by atoms with Crippen molar-refractivity contribution >= 4 is 0 Å². The molecule has 1 aliphatic carbocycles. The summed E-state index contributed by atoms with van der Waals surface area (Å²) < 4.78 is 1.71. The van der Waals surface area contributed by atoms with E-state index >= 15 is 0 Å². The second kappa shape index (κ2) is 3.10. The van der Waals surface area contributed by atoms with E-state index in [2.05, 4.69) is 17.2 Å². The molecule has 1 aromatic heterocycles. The fourth-order valence-corrected chi connectivity index (χ4v) is 1.92. The first-order valence-corrected chi connectivity index (χ1v) is 4.84. The maximum Gasteiger partial charge on any atom is 0.0996 e. The van der Waals surface area contributed by atoms with Gasteiger partial charge in [0.05, 0.1) is 11.7 Å². The zero-order chi connectivity index (χ0) is 9.42. The first kappa shape index (κ1) is 8.69. The first-order chi connectivity index (χ1) is 6.22. The summed E-state index contributed by atoms with van der Waals surface area (Å²) in [6.45, 7) is 2.22. The molecule has 1 heterocycles. The molecule has 0 amide bonds. The normalized spacial score (nSPS) is 28.8. The van der Waals surface area contributed by atoms with Crippen LogP contribution in [0, 0.1) is 11.8 Å². The third kappa shape index (κ3) is 1.58. The van der Waals surface area contributed by atoms with Crippen LogP contribution in [0.1, 0.15) is 31.5 Å². The number of hydrogen-bond donors (Lipinski definition) is 1. The summed E-state index contributed by atoms with van der Waals surface area (Å²) in [6, 6.07) is 0.0960. The van der Waals surface area contributed by atoms with E-state index in [4.69, 9.17) is 5.73 Å². The largest absolute Gasteiger partial charge is 0.322 e. The highest BCUT2D eigenvalue weighted by molar-refractivity contribution is 5.07. The summed E-state index contributed by atoms with van der Waals surface area (Å²) >= 11 is 0. The monoisotopic (exact) mass is 180 g/mol. The predicted octanol–water partition coefficient (Wildman–Crippen LogP) is 0.861. The molecule has 0 bridgehead atoms. The van der Waals surface area contributed by atoms with Gasteiger partial charge in [0.15, 0.2) is 0 Å². The van der Waals surface area contributed by atoms with Crippen molar-refractivity contribution in [2.75, 3.05) is 0 Å². The Morgan fingerprint density at radius 3 is 3.00 bits per heavy atom. The highest BCUT2D eigenvalue weighted by Crippen LogP contribution is 2.47. The van der Waals surface area contributed by atoms with Crippen LogP contribution in [0.15, 0.2) is 6.20 Å². The van der Waals surface area contributed by atoms with Gasteiger partial charge in [-0.3, -0.25) is 4.68 Å². The van der Waals surface area contributed by atoms with Gasteiger partial charge < -0.3 is 5.73 Å². The Morgan fingerprint density at radius 1 is 1.77 bits per heavy atom. The molecule has 72 valence electrons. The molecule has 0 spiro atoms. The predicted molar refractivity (Wildman–Crippen MR) is 49.8 cm³/mol. The molecular weight excluding hydrogens is 164 g/mol. The summed E-state index contributed by atoms with van der Waals surface area (Å²) in [6.07, 6.45) is 4.41. The molecule has 1 aliphatic rings. The Hall–Kier alpha value is -0.900. The first-order valence-electron chi connectivity index (χ1n) is 4.84. The van der Waals surface area contributed by atoms with E-state index in [9.17, 15) is 0 Å². The number of nitrogens with zero attached hydrogens (tertiary/aromatic N) is 3. The summed E-state index contributed by atoms with van der Waals surface area (Å²) in [7, 11) is 1.87. The Bertz CT molecular complexity index is 294. The SMILES string of the molecule is CC[C@@H]1C[C@H]1C(N)c1cn(C)nn1. The Morgan fingerprint density at radius 2 is 2.54 bits per heavy atom. The average Bonchev–Trinajstić information content (AvgIpc) is 2.80. The van der Waals surface area contributed by atoms with Crippen LogP contribution in [-0.4, -0.2) is 15.0 Å². The second-order valence-electron chi connectivity index (χ2n) is 3.91. The van der Waals surface area contributed by atoms with Gasteiger partial charge >= 0.3 is 0 Å². The summed E-state index contributed by atoms with van der Waals surface area (Å²) in [5, 5.41) is 7.92. The Balaban J connectivity index is 2.02. The van der Waals surface area contributed by atoms with Crippen LogP contribution in [0.5, 0.6) is 0 Å². The standard InChI is InChI=1S/C9H16N4/c1-3-6-4-7(6)9(10)8-5-13(2)12-11-8/h5-7,9H,3-4,10H2,1-2H3/t6-,7-,9?/m1/s1. The van der Waals surface area contributed by atoms with Gasteiger partial charge in [-0.2, -0.15) is 0 Å². The molecule has 2 N–H and O–H groups in total. The molecule has 13 heavy (non-hydrogen) atoms. The van der Waals surface area contributed by atoms with Crippen LogP contribution in [0.3, 0.4) is 0 Å². The number of nitrogens with two attached hydrogens (primary N) is 1. The molecule has 2 rings (SSSR count). The number of rotatable bonds is 3. The van der Waals surface area contributed by atoms with Crippen LogP contribution in [0.25, 0.3) is 0 Å². The van der Waals surface area contributed by atoms with Gasteiger partial charge in [0.25, 0.3) is 0 Å². The van der Waals surface area contributed by atoms with Crippen LogP contribution in [0.4, 0.5) is 0 Å². The van der Waals surface area contributed by atoms with Crippen LogP contribution in [0.2, 0.25) is 0 Å². The molecule has 1 unspecified atom stereocenters. The lowest BCUT2D eigenvalue weighted by atomic mass is 10.1. The van der Waals surface area contributed by atoms with Gasteiger partial charge in [-0.15, -0.1) is 5.10 Å². The van der Waals surface area contributed by atoms with E-state index in [1.165, 1.54) is 12.8 Å². The van der Waals surface area contributed by atoms with Crippen molar-refractivity contribution < 1.29 is 0 Å². The molecule has 0 radical (unpaired) electrons. The zero-order valence-corrected chi connectivity index (χ0v) is 8.14. The molecule has 0 saturated heterocycles. The topological polar surface area (TPSA) is 56.7 Å². The van der Waals surface area contributed by atoms with Crippen molar-refractivity contribution in [2.24, 2.45) is 24.6 Å². The van der Waals surface area contributed by atoms with E-state index in [0.717, 1.165) is 11.6 Å². The fourth-order valence-electron chi connectivity index (χ4n) is 1.92. The van der Waals surface area contributed by atoms with Crippen molar-refractivity contribution in [2.45, 2.75) is 25.8 Å². The van der Waals surface area contributed by atoms with Gasteiger partial charge in [0.1, 0.15) is 0 Å². The number of aromatic nitrogens is 3. The van der Waals surface area contributed by atoms with Crippen LogP contribution in [-0.2, 0) is 7.05 Å². The third-order valence-electron chi connectivity index (χ3n) is 2.92. The van der Waals surface area contributed by atoms with Gasteiger partial charge in [-0.1, -0.05) is 18.6 Å². The maximum atomic E-state index is 6.06. The molecule has 1 aromatic rings. The zero-order valence-electron chi connectivity index (χ0n) is 8.14. The van der Waals surface area contributed by atoms with Gasteiger partial charge in [-0.25, -0.2) is 0 Å². The lowest BCUT2D eigenvalue weighted by molar-refractivity contribution is 0.554. The smallest absolute Gasteiger partial charge is 0.0996 e. The molecule has 4 heteroatoms. The van der Waals surface area contributed by atoms with Gasteiger partial charge in [0, 0.05) is 13.2 Å². The summed E-state index contributed by atoms with van der Waals surface area (Å²) in [4.78, 5) is 0. The van der Waals surface area contributed by atoms with Crippen LogP contribution >= 0.6 is 0 Å². The number of aryl methyl sites for hydroxylation is 1. The lowest BCUT2D eigenvalue weighted by Crippen LogP contribution is -2.14. The minimum Gasteiger partial charge on any atom is -0.322 e. The van der Waals surface area contributed by atoms with Crippen molar-refractivity contribution in [3.8, 4) is 0 Å². The summed E-state index contributed by atoms with van der Waals surface area (Å²) in [5.41, 5.74) is 7.00. The van der Waals surface area contributed by atoms with Crippen molar-refractivity contribution in [3.05, 3.63) is 11.9 Å². The van der Waals surface area contributed by atoms with Crippen LogP contribution < -0.4 is 5.73 Å². The minimum atomic E-state index is 0.0960. The second-order valence-corrected chi connectivity index (χ2v) is 3.91. The van der Waals surface area contributed by atoms with E-state index in [1.807, 2.05) is 13.2 Å². The molecule has 0 aliphatic heterocycles. The molecule has 0 aromatic carbocycles. The minimum absolute atomic E-state index is 0.0960. The lowest BCUT2D eigenvalue weighted by Gasteiger charge is -2.05. The Labute approximate surface area is 78.1 Å². The summed E-state index contributed by atoms with van der Waals surface area (Å²) in [5.74, 6) is 1.46. The van der Waals surface area contributed by atoms with Crippen molar-refractivity contribution in [1.82, 2.24) is 15.0 Å². The molecule has 4 nitrogen and oxygen atoms in total. The van der Waals surface area contributed by atoms with E-state index < -0.39 is 0 Å². The van der Waals surface area contributed by atoms with Gasteiger partial charge in [-0.05, 0) is 18.3 Å².